The number of carbonyl (C=O) groups is 1. The summed E-state index contributed by atoms with van der Waals surface area (Å²) in [5.74, 6) is -0.827. The minimum Gasteiger partial charge on any atom is -0.482 e. The van der Waals surface area contributed by atoms with Crippen molar-refractivity contribution in [2.75, 3.05) is 11.9 Å². The SMILES string of the molecule is CC(CCC(=O)O)Nc1ccccc1OCC(F)(F)F. The molecule has 0 aromatic heterocycles. The van der Waals surface area contributed by atoms with Gasteiger partial charge in [-0.15, -0.1) is 0 Å². The van der Waals surface area contributed by atoms with Crippen LogP contribution in [-0.2, 0) is 4.79 Å². The average Bonchev–Trinajstić information content (AvgIpc) is 2.34. The number of nitrogens with one attached hydrogen (secondary N) is 1. The van der Waals surface area contributed by atoms with Crippen molar-refractivity contribution < 1.29 is 27.8 Å². The van der Waals surface area contributed by atoms with Gasteiger partial charge in [0.05, 0.1) is 5.69 Å². The maximum Gasteiger partial charge on any atom is 0.422 e. The van der Waals surface area contributed by atoms with E-state index in [1.54, 1.807) is 25.1 Å². The maximum atomic E-state index is 12.1. The highest BCUT2D eigenvalue weighted by Crippen LogP contribution is 2.27. The summed E-state index contributed by atoms with van der Waals surface area (Å²) < 4.78 is 41.1. The van der Waals surface area contributed by atoms with Crippen LogP contribution in [0.3, 0.4) is 0 Å². The first-order chi connectivity index (χ1) is 9.28. The fourth-order valence-corrected chi connectivity index (χ4v) is 1.55. The van der Waals surface area contributed by atoms with Gasteiger partial charge in [-0.2, -0.15) is 13.2 Å². The summed E-state index contributed by atoms with van der Waals surface area (Å²) in [5, 5.41) is 11.5. The van der Waals surface area contributed by atoms with Crippen LogP contribution in [0.1, 0.15) is 19.8 Å². The third-order valence-electron chi connectivity index (χ3n) is 2.47. The number of hydrogen-bond donors (Lipinski definition) is 2. The van der Waals surface area contributed by atoms with E-state index in [2.05, 4.69) is 5.32 Å². The van der Waals surface area contributed by atoms with Crippen LogP contribution >= 0.6 is 0 Å². The van der Waals surface area contributed by atoms with Gasteiger partial charge in [-0.05, 0) is 25.5 Å². The van der Waals surface area contributed by atoms with E-state index in [-0.39, 0.29) is 18.2 Å². The van der Waals surface area contributed by atoms with Gasteiger partial charge in [-0.3, -0.25) is 4.79 Å². The van der Waals surface area contributed by atoms with Gasteiger partial charge in [-0.25, -0.2) is 0 Å². The van der Waals surface area contributed by atoms with Crippen LogP contribution < -0.4 is 10.1 Å². The van der Waals surface area contributed by atoms with Crippen LogP contribution in [0.4, 0.5) is 18.9 Å². The van der Waals surface area contributed by atoms with Crippen molar-refractivity contribution >= 4 is 11.7 Å². The predicted molar refractivity (Wildman–Crippen MR) is 67.9 cm³/mol. The molecule has 0 aliphatic rings. The van der Waals surface area contributed by atoms with Crippen molar-refractivity contribution in [2.45, 2.75) is 32.0 Å². The molecule has 20 heavy (non-hydrogen) atoms. The van der Waals surface area contributed by atoms with Gasteiger partial charge in [0.25, 0.3) is 0 Å². The first-order valence-corrected chi connectivity index (χ1v) is 6.05. The number of carboxylic acid groups (broad SMARTS) is 1. The smallest absolute Gasteiger partial charge is 0.422 e. The van der Waals surface area contributed by atoms with Gasteiger partial charge in [0.2, 0.25) is 0 Å². The van der Waals surface area contributed by atoms with Crippen LogP contribution in [0.15, 0.2) is 24.3 Å². The molecule has 112 valence electrons. The first-order valence-electron chi connectivity index (χ1n) is 6.05. The average molecular weight is 291 g/mol. The maximum absolute atomic E-state index is 12.1. The lowest BCUT2D eigenvalue weighted by atomic mass is 10.1. The number of rotatable bonds is 7. The molecule has 0 heterocycles. The molecule has 7 heteroatoms. The van der Waals surface area contributed by atoms with E-state index in [1.807, 2.05) is 0 Å². The molecular formula is C13H16F3NO3. The van der Waals surface area contributed by atoms with Gasteiger partial charge in [0.15, 0.2) is 6.61 Å². The Morgan fingerprint density at radius 3 is 2.65 bits per heavy atom. The Bertz CT molecular complexity index is 449. The Balaban J connectivity index is 2.63. The molecule has 0 spiro atoms. The highest BCUT2D eigenvalue weighted by Gasteiger charge is 2.28. The van der Waals surface area contributed by atoms with Crippen molar-refractivity contribution in [3.63, 3.8) is 0 Å². The number of para-hydroxylation sites is 2. The summed E-state index contributed by atoms with van der Waals surface area (Å²) in [4.78, 5) is 10.5. The van der Waals surface area contributed by atoms with Crippen molar-refractivity contribution in [1.29, 1.82) is 0 Å². The summed E-state index contributed by atoms with van der Waals surface area (Å²) in [6, 6.07) is 6.05. The van der Waals surface area contributed by atoms with E-state index in [4.69, 9.17) is 9.84 Å². The zero-order valence-corrected chi connectivity index (χ0v) is 10.9. The van der Waals surface area contributed by atoms with E-state index >= 15 is 0 Å². The van der Waals surface area contributed by atoms with Gasteiger partial charge in [0.1, 0.15) is 5.75 Å². The van der Waals surface area contributed by atoms with Crippen LogP contribution in [0.2, 0.25) is 0 Å². The van der Waals surface area contributed by atoms with Crippen molar-refractivity contribution in [3.8, 4) is 5.75 Å². The lowest BCUT2D eigenvalue weighted by Crippen LogP contribution is -2.21. The highest BCUT2D eigenvalue weighted by atomic mass is 19.4. The fraction of sp³-hybridized carbons (Fsp3) is 0.462. The summed E-state index contributed by atoms with van der Waals surface area (Å²) >= 11 is 0. The third-order valence-corrected chi connectivity index (χ3v) is 2.47. The van der Waals surface area contributed by atoms with Crippen LogP contribution in [-0.4, -0.2) is 29.9 Å². The molecule has 0 radical (unpaired) electrons. The molecule has 0 fully saturated rings. The second-order valence-corrected chi connectivity index (χ2v) is 4.38. The van der Waals surface area contributed by atoms with Crippen molar-refractivity contribution in [2.24, 2.45) is 0 Å². The highest BCUT2D eigenvalue weighted by molar-refractivity contribution is 5.66. The number of anilines is 1. The van der Waals surface area contributed by atoms with Crippen LogP contribution in [0.5, 0.6) is 5.75 Å². The summed E-state index contributed by atoms with van der Waals surface area (Å²) in [6.07, 6.45) is -4.05. The second-order valence-electron chi connectivity index (χ2n) is 4.38. The summed E-state index contributed by atoms with van der Waals surface area (Å²) in [5.41, 5.74) is 0.412. The molecule has 1 unspecified atom stereocenters. The van der Waals surface area contributed by atoms with E-state index in [9.17, 15) is 18.0 Å². The third kappa shape index (κ3) is 6.31. The zero-order chi connectivity index (χ0) is 15.2. The zero-order valence-electron chi connectivity index (χ0n) is 10.9. The summed E-state index contributed by atoms with van der Waals surface area (Å²) in [7, 11) is 0. The molecule has 4 nitrogen and oxygen atoms in total. The topological polar surface area (TPSA) is 58.6 Å². The largest absolute Gasteiger partial charge is 0.482 e. The molecule has 1 aromatic carbocycles. The number of alkyl halides is 3. The normalized spacial score (nSPS) is 12.8. The molecule has 0 aliphatic heterocycles. The lowest BCUT2D eigenvalue weighted by Gasteiger charge is -2.18. The van der Waals surface area contributed by atoms with E-state index in [1.165, 1.54) is 6.07 Å². The minimum absolute atomic E-state index is 0.0141. The monoisotopic (exact) mass is 291 g/mol. The molecule has 0 amide bonds. The Labute approximate surface area is 114 Å². The number of benzene rings is 1. The van der Waals surface area contributed by atoms with E-state index in [0.29, 0.717) is 12.1 Å². The fourth-order valence-electron chi connectivity index (χ4n) is 1.55. The molecular weight excluding hydrogens is 275 g/mol. The lowest BCUT2D eigenvalue weighted by molar-refractivity contribution is -0.153. The number of hydrogen-bond acceptors (Lipinski definition) is 3. The number of aliphatic carboxylic acids is 1. The Morgan fingerprint density at radius 2 is 2.05 bits per heavy atom. The molecule has 1 atom stereocenters. The number of halogens is 3. The molecule has 2 N–H and O–H groups in total. The molecule has 0 saturated carbocycles. The predicted octanol–water partition coefficient (Wildman–Crippen LogP) is 3.29. The van der Waals surface area contributed by atoms with Crippen LogP contribution in [0.25, 0.3) is 0 Å². The standard InChI is InChI=1S/C13H16F3NO3/c1-9(6-7-12(18)19)17-10-4-2-3-5-11(10)20-8-13(14,15)16/h2-5,9,17H,6-8H2,1H3,(H,18,19). The Hall–Kier alpha value is -1.92. The molecule has 0 saturated heterocycles. The molecule has 1 aromatic rings. The first kappa shape index (κ1) is 16.1. The van der Waals surface area contributed by atoms with Crippen molar-refractivity contribution in [1.82, 2.24) is 0 Å². The Morgan fingerprint density at radius 1 is 1.40 bits per heavy atom. The number of carboxylic acids is 1. The van der Waals surface area contributed by atoms with E-state index < -0.39 is 18.8 Å². The molecule has 0 bridgehead atoms. The van der Waals surface area contributed by atoms with Gasteiger partial charge >= 0.3 is 12.1 Å². The second kappa shape index (κ2) is 7.02. The van der Waals surface area contributed by atoms with Gasteiger partial charge < -0.3 is 15.2 Å². The van der Waals surface area contributed by atoms with Crippen LogP contribution in [0, 0.1) is 0 Å². The molecule has 0 aliphatic carbocycles. The quantitative estimate of drug-likeness (QED) is 0.809. The summed E-state index contributed by atoms with van der Waals surface area (Å²) in [6.45, 7) is 0.388. The minimum atomic E-state index is -4.40. The van der Waals surface area contributed by atoms with Gasteiger partial charge in [-0.1, -0.05) is 12.1 Å². The van der Waals surface area contributed by atoms with E-state index in [0.717, 1.165) is 0 Å². The Kier molecular flexibility index (Phi) is 5.66. The molecule has 1 rings (SSSR count). The van der Waals surface area contributed by atoms with Gasteiger partial charge in [0, 0.05) is 12.5 Å². The number of ether oxygens (including phenoxy) is 1. The van der Waals surface area contributed by atoms with Crippen molar-refractivity contribution in [3.05, 3.63) is 24.3 Å².